The van der Waals surface area contributed by atoms with Crippen LogP contribution >= 0.6 is 11.3 Å². The molecular formula is C17H14N2O4S. The number of furan rings is 1. The molecule has 0 aliphatic heterocycles. The van der Waals surface area contributed by atoms with E-state index in [1.807, 2.05) is 17.5 Å². The molecule has 6 nitrogen and oxygen atoms in total. The van der Waals surface area contributed by atoms with Crippen LogP contribution in [0.25, 0.3) is 0 Å². The van der Waals surface area contributed by atoms with Gasteiger partial charge in [-0.1, -0.05) is 12.1 Å². The monoisotopic (exact) mass is 342 g/mol. The number of nitrogens with zero attached hydrogens (tertiary/aromatic N) is 1. The SMILES string of the molecule is O=C(OC(C(=O)NCc1cccs1)c1cccnc1)c1ccco1. The van der Waals surface area contributed by atoms with Crippen LogP contribution < -0.4 is 5.32 Å². The van der Waals surface area contributed by atoms with Crippen LogP contribution in [0.2, 0.25) is 0 Å². The molecule has 0 saturated heterocycles. The summed E-state index contributed by atoms with van der Waals surface area (Å²) in [5.41, 5.74) is 0.487. The summed E-state index contributed by atoms with van der Waals surface area (Å²) in [5.74, 6) is -1.09. The third-order valence-electron chi connectivity index (χ3n) is 3.19. The Morgan fingerprint density at radius 1 is 1.25 bits per heavy atom. The maximum absolute atomic E-state index is 12.5. The third-order valence-corrected chi connectivity index (χ3v) is 4.07. The lowest BCUT2D eigenvalue weighted by Crippen LogP contribution is -2.31. The molecule has 1 atom stereocenters. The molecule has 0 fully saturated rings. The molecule has 1 amide bonds. The zero-order chi connectivity index (χ0) is 16.8. The highest BCUT2D eigenvalue weighted by molar-refractivity contribution is 7.09. The summed E-state index contributed by atoms with van der Waals surface area (Å²) in [5, 5.41) is 4.70. The lowest BCUT2D eigenvalue weighted by atomic mass is 10.1. The van der Waals surface area contributed by atoms with Gasteiger partial charge in [-0.05, 0) is 29.6 Å². The van der Waals surface area contributed by atoms with E-state index in [1.54, 1.807) is 24.4 Å². The fourth-order valence-electron chi connectivity index (χ4n) is 2.04. The Bertz CT molecular complexity index is 785. The quantitative estimate of drug-likeness (QED) is 0.697. The van der Waals surface area contributed by atoms with Crippen LogP contribution in [0.15, 0.2) is 64.9 Å². The number of ether oxygens (including phenoxy) is 1. The van der Waals surface area contributed by atoms with Crippen LogP contribution in [0.4, 0.5) is 0 Å². The van der Waals surface area contributed by atoms with E-state index in [4.69, 9.17) is 9.15 Å². The number of amides is 1. The van der Waals surface area contributed by atoms with E-state index in [0.717, 1.165) is 4.88 Å². The summed E-state index contributed by atoms with van der Waals surface area (Å²) < 4.78 is 10.3. The minimum Gasteiger partial charge on any atom is -0.457 e. The van der Waals surface area contributed by atoms with Crippen molar-refractivity contribution in [2.24, 2.45) is 0 Å². The molecule has 7 heteroatoms. The third kappa shape index (κ3) is 3.88. The molecule has 0 saturated carbocycles. The number of rotatable bonds is 6. The van der Waals surface area contributed by atoms with Gasteiger partial charge >= 0.3 is 5.97 Å². The molecule has 1 unspecified atom stereocenters. The molecule has 3 heterocycles. The van der Waals surface area contributed by atoms with Gasteiger partial charge in [-0.2, -0.15) is 0 Å². The van der Waals surface area contributed by atoms with Gasteiger partial charge in [0.1, 0.15) is 0 Å². The molecule has 122 valence electrons. The highest BCUT2D eigenvalue weighted by Crippen LogP contribution is 2.19. The van der Waals surface area contributed by atoms with Gasteiger partial charge in [-0.3, -0.25) is 9.78 Å². The van der Waals surface area contributed by atoms with Gasteiger partial charge in [-0.15, -0.1) is 11.3 Å². The van der Waals surface area contributed by atoms with E-state index in [1.165, 1.54) is 29.9 Å². The number of pyridine rings is 1. The van der Waals surface area contributed by atoms with Gasteiger partial charge < -0.3 is 14.5 Å². The first kappa shape index (κ1) is 15.9. The molecule has 24 heavy (non-hydrogen) atoms. The maximum Gasteiger partial charge on any atom is 0.375 e. The van der Waals surface area contributed by atoms with Gasteiger partial charge in [0.15, 0.2) is 0 Å². The predicted octanol–water partition coefficient (Wildman–Crippen LogP) is 2.95. The lowest BCUT2D eigenvalue weighted by molar-refractivity contribution is -0.130. The fraction of sp³-hybridized carbons (Fsp3) is 0.118. The molecular weight excluding hydrogens is 328 g/mol. The molecule has 3 rings (SSSR count). The largest absolute Gasteiger partial charge is 0.457 e. The number of esters is 1. The van der Waals surface area contributed by atoms with Crippen LogP contribution in [-0.2, 0) is 16.1 Å². The standard InChI is InChI=1S/C17H14N2O4S/c20-16(19-11-13-5-3-9-24-13)15(12-4-1-7-18-10-12)23-17(21)14-6-2-8-22-14/h1-10,15H,11H2,(H,19,20). The van der Waals surface area contributed by atoms with Crippen molar-refractivity contribution in [1.29, 1.82) is 0 Å². The van der Waals surface area contributed by atoms with Crippen molar-refractivity contribution in [3.8, 4) is 0 Å². The normalized spacial score (nSPS) is 11.7. The first-order valence-electron chi connectivity index (χ1n) is 7.18. The van der Waals surface area contributed by atoms with Crippen molar-refractivity contribution in [1.82, 2.24) is 10.3 Å². The molecule has 0 bridgehead atoms. The zero-order valence-electron chi connectivity index (χ0n) is 12.5. The summed E-state index contributed by atoms with van der Waals surface area (Å²) in [6, 6.07) is 10.2. The molecule has 0 aliphatic rings. The Labute approximate surface area is 142 Å². The van der Waals surface area contributed by atoms with Gasteiger partial charge in [0.05, 0.1) is 12.8 Å². The van der Waals surface area contributed by atoms with Gasteiger partial charge in [0.2, 0.25) is 11.9 Å². The van der Waals surface area contributed by atoms with E-state index in [2.05, 4.69) is 10.3 Å². The molecule has 3 aromatic rings. The van der Waals surface area contributed by atoms with Crippen molar-refractivity contribution in [2.75, 3.05) is 0 Å². The number of carbonyl (C=O) groups is 2. The Balaban J connectivity index is 1.74. The minimum absolute atomic E-state index is 0.0370. The van der Waals surface area contributed by atoms with E-state index < -0.39 is 18.0 Å². The Hall–Kier alpha value is -2.93. The van der Waals surface area contributed by atoms with Crippen molar-refractivity contribution < 1.29 is 18.7 Å². The second-order valence-corrected chi connectivity index (χ2v) is 5.88. The van der Waals surface area contributed by atoms with Crippen molar-refractivity contribution >= 4 is 23.2 Å². The number of carbonyl (C=O) groups excluding carboxylic acids is 2. The Kier molecular flexibility index (Phi) is 5.02. The second kappa shape index (κ2) is 7.56. The van der Waals surface area contributed by atoms with Crippen LogP contribution in [0, 0.1) is 0 Å². The maximum atomic E-state index is 12.5. The number of hydrogen-bond acceptors (Lipinski definition) is 6. The van der Waals surface area contributed by atoms with Crippen molar-refractivity contribution in [2.45, 2.75) is 12.6 Å². The summed E-state index contributed by atoms with van der Waals surface area (Å²) in [6.07, 6.45) is 3.34. The molecule has 0 aromatic carbocycles. The first-order chi connectivity index (χ1) is 11.7. The van der Waals surface area contributed by atoms with E-state index in [0.29, 0.717) is 12.1 Å². The van der Waals surface area contributed by atoms with Gasteiger partial charge in [0, 0.05) is 22.8 Å². The average molecular weight is 342 g/mol. The summed E-state index contributed by atoms with van der Waals surface area (Å²) in [7, 11) is 0. The molecule has 0 spiro atoms. The minimum atomic E-state index is -1.10. The van der Waals surface area contributed by atoms with Crippen molar-refractivity contribution in [3.63, 3.8) is 0 Å². The molecule has 3 aromatic heterocycles. The Morgan fingerprint density at radius 2 is 2.17 bits per heavy atom. The molecule has 1 N–H and O–H groups in total. The van der Waals surface area contributed by atoms with E-state index in [9.17, 15) is 9.59 Å². The number of nitrogens with one attached hydrogen (secondary N) is 1. The lowest BCUT2D eigenvalue weighted by Gasteiger charge is -2.17. The Morgan fingerprint density at radius 3 is 2.83 bits per heavy atom. The topological polar surface area (TPSA) is 81.4 Å². The van der Waals surface area contributed by atoms with Gasteiger partial charge in [-0.25, -0.2) is 4.79 Å². The second-order valence-electron chi connectivity index (χ2n) is 4.85. The van der Waals surface area contributed by atoms with Crippen LogP contribution in [0.1, 0.15) is 27.1 Å². The highest BCUT2D eigenvalue weighted by atomic mass is 32.1. The fourth-order valence-corrected chi connectivity index (χ4v) is 2.69. The molecule has 0 aliphatic carbocycles. The first-order valence-corrected chi connectivity index (χ1v) is 8.06. The van der Waals surface area contributed by atoms with Crippen molar-refractivity contribution in [3.05, 3.63) is 76.6 Å². The summed E-state index contributed by atoms with van der Waals surface area (Å²) >= 11 is 1.53. The smallest absolute Gasteiger partial charge is 0.375 e. The van der Waals surface area contributed by atoms with Crippen LogP contribution in [-0.4, -0.2) is 16.9 Å². The van der Waals surface area contributed by atoms with E-state index in [-0.39, 0.29) is 5.76 Å². The van der Waals surface area contributed by atoms with E-state index >= 15 is 0 Å². The van der Waals surface area contributed by atoms with Crippen LogP contribution in [0.3, 0.4) is 0 Å². The van der Waals surface area contributed by atoms with Crippen LogP contribution in [0.5, 0.6) is 0 Å². The summed E-state index contributed by atoms with van der Waals surface area (Å²) in [4.78, 5) is 29.6. The average Bonchev–Trinajstić information content (AvgIpc) is 3.31. The number of aromatic nitrogens is 1. The predicted molar refractivity (Wildman–Crippen MR) is 87.3 cm³/mol. The highest BCUT2D eigenvalue weighted by Gasteiger charge is 2.26. The number of hydrogen-bond donors (Lipinski definition) is 1. The summed E-state index contributed by atoms with van der Waals surface area (Å²) in [6.45, 7) is 0.367. The molecule has 0 radical (unpaired) electrons. The number of thiophene rings is 1. The van der Waals surface area contributed by atoms with Gasteiger partial charge in [0.25, 0.3) is 5.91 Å². The zero-order valence-corrected chi connectivity index (χ0v) is 13.4.